The summed E-state index contributed by atoms with van der Waals surface area (Å²) in [6.45, 7) is 8.01. The fourth-order valence-electron chi connectivity index (χ4n) is 5.24. The van der Waals surface area contributed by atoms with Crippen molar-refractivity contribution in [2.24, 2.45) is 0 Å². The van der Waals surface area contributed by atoms with Crippen LogP contribution in [0.2, 0.25) is 0 Å². The minimum Gasteiger partial charge on any atom is -0.497 e. The molecular weight excluding hydrogens is 468 g/mol. The molecule has 2 fully saturated rings. The number of sulfonamides is 1. The Hall–Kier alpha value is -1.72. The first-order chi connectivity index (χ1) is 16.6. The smallest absolute Gasteiger partial charge is 0.248 e. The Morgan fingerprint density at radius 1 is 1.14 bits per heavy atom. The molecule has 0 radical (unpaired) electrons. The molecular formula is C25H42N4O5S. The summed E-state index contributed by atoms with van der Waals surface area (Å²) in [5.41, 5.74) is 1.27. The number of rotatable bonds is 10. The highest BCUT2D eigenvalue weighted by Gasteiger charge is 2.31. The molecule has 9 nitrogen and oxygen atoms in total. The van der Waals surface area contributed by atoms with Crippen LogP contribution in [-0.2, 0) is 19.6 Å². The summed E-state index contributed by atoms with van der Waals surface area (Å²) in [6, 6.07) is 4.20. The summed E-state index contributed by atoms with van der Waals surface area (Å²) in [5, 5.41) is 3.40. The number of benzene rings is 1. The summed E-state index contributed by atoms with van der Waals surface area (Å²) in [7, 11) is 1.28. The summed E-state index contributed by atoms with van der Waals surface area (Å²) >= 11 is 0. The average Bonchev–Trinajstić information content (AvgIpc) is 2.85. The van der Waals surface area contributed by atoms with Crippen LogP contribution in [0.25, 0.3) is 0 Å². The van der Waals surface area contributed by atoms with Gasteiger partial charge in [0.15, 0.2) is 0 Å². The molecule has 0 aromatic heterocycles. The number of hydrogen-bond donors (Lipinski definition) is 1. The number of amides is 1. The van der Waals surface area contributed by atoms with Crippen molar-refractivity contribution < 1.29 is 22.7 Å². The van der Waals surface area contributed by atoms with Crippen LogP contribution in [0.5, 0.6) is 5.75 Å². The van der Waals surface area contributed by atoms with E-state index in [9.17, 15) is 13.2 Å². The highest BCUT2D eigenvalue weighted by Crippen LogP contribution is 2.28. The number of aryl methyl sites for hydroxylation is 2. The molecule has 1 N–H and O–H groups in total. The van der Waals surface area contributed by atoms with Crippen LogP contribution < -0.4 is 10.1 Å². The molecule has 2 atom stereocenters. The van der Waals surface area contributed by atoms with Crippen LogP contribution in [-0.4, -0.2) is 108 Å². The number of likely N-dealkylation sites (N-methyl/N-ethyl adjacent to an activating group) is 2. The molecule has 1 aliphatic carbocycles. The zero-order valence-electron chi connectivity index (χ0n) is 21.9. The van der Waals surface area contributed by atoms with Crippen molar-refractivity contribution in [3.05, 3.63) is 23.3 Å². The Kier molecular flexibility index (Phi) is 9.94. The summed E-state index contributed by atoms with van der Waals surface area (Å²) in [6.07, 6.45) is 4.35. The van der Waals surface area contributed by atoms with Crippen molar-refractivity contribution in [1.29, 1.82) is 0 Å². The lowest BCUT2D eigenvalue weighted by Gasteiger charge is -2.42. The van der Waals surface area contributed by atoms with E-state index in [0.29, 0.717) is 22.9 Å². The van der Waals surface area contributed by atoms with Crippen molar-refractivity contribution in [2.45, 2.75) is 56.5 Å². The maximum atomic E-state index is 13.1. The quantitative estimate of drug-likeness (QED) is 0.479. The topological polar surface area (TPSA) is 91.4 Å². The van der Waals surface area contributed by atoms with Crippen molar-refractivity contribution >= 4 is 15.9 Å². The zero-order valence-corrected chi connectivity index (χ0v) is 22.7. The van der Waals surface area contributed by atoms with Gasteiger partial charge in [-0.3, -0.25) is 9.69 Å². The third-order valence-electron chi connectivity index (χ3n) is 7.34. The van der Waals surface area contributed by atoms with E-state index >= 15 is 0 Å². The molecule has 0 bridgehead atoms. The van der Waals surface area contributed by atoms with Gasteiger partial charge in [0.2, 0.25) is 15.9 Å². The maximum absolute atomic E-state index is 13.1. The van der Waals surface area contributed by atoms with E-state index in [1.54, 1.807) is 33.1 Å². The van der Waals surface area contributed by atoms with Gasteiger partial charge in [0, 0.05) is 58.9 Å². The minimum atomic E-state index is -3.68. The van der Waals surface area contributed by atoms with Crippen molar-refractivity contribution in [2.75, 3.05) is 67.1 Å². The Morgan fingerprint density at radius 3 is 2.43 bits per heavy atom. The van der Waals surface area contributed by atoms with Crippen LogP contribution in [0.3, 0.4) is 0 Å². The van der Waals surface area contributed by atoms with Crippen LogP contribution in [0, 0.1) is 13.8 Å². The SMILES string of the molecule is COc1cc(C)c(S(=O)(=O)N(C)CCOCC(=O)N(C)C2CCC[C@@H](N3CCNCC3)C2)c(C)c1. The third-order valence-corrected chi connectivity index (χ3v) is 9.50. The highest BCUT2D eigenvalue weighted by atomic mass is 32.2. The summed E-state index contributed by atoms with van der Waals surface area (Å²) in [4.78, 5) is 17.4. The first-order valence-corrected chi connectivity index (χ1v) is 14.0. The van der Waals surface area contributed by atoms with Gasteiger partial charge in [-0.15, -0.1) is 0 Å². The van der Waals surface area contributed by atoms with E-state index in [-0.39, 0.29) is 36.6 Å². The van der Waals surface area contributed by atoms with Crippen LogP contribution in [0.4, 0.5) is 0 Å². The van der Waals surface area contributed by atoms with Gasteiger partial charge in [-0.05, 0) is 62.8 Å². The maximum Gasteiger partial charge on any atom is 0.248 e. The van der Waals surface area contributed by atoms with Crippen LogP contribution in [0.1, 0.15) is 36.8 Å². The second-order valence-corrected chi connectivity index (χ2v) is 11.7. The fourth-order valence-corrected chi connectivity index (χ4v) is 6.80. The molecule has 198 valence electrons. The lowest BCUT2D eigenvalue weighted by molar-refractivity contribution is -0.138. The van der Waals surface area contributed by atoms with Gasteiger partial charge in [-0.1, -0.05) is 0 Å². The molecule has 10 heteroatoms. The van der Waals surface area contributed by atoms with Crippen molar-refractivity contribution in [3.8, 4) is 5.75 Å². The second kappa shape index (κ2) is 12.5. The molecule has 1 heterocycles. The van der Waals surface area contributed by atoms with Gasteiger partial charge in [0.25, 0.3) is 0 Å². The standard InChI is InChI=1S/C25H42N4O5S/c1-19-15-23(33-5)16-20(2)25(19)35(31,32)27(3)13-14-34-18-24(30)28(4)21-7-6-8-22(17-21)29-11-9-26-10-12-29/h15-16,21-22,26H,6-14,17-18H2,1-5H3/t21?,22-/m1/s1. The van der Waals surface area contributed by atoms with Gasteiger partial charge in [-0.2, -0.15) is 4.31 Å². The molecule has 35 heavy (non-hydrogen) atoms. The van der Waals surface area contributed by atoms with Gasteiger partial charge in [0.05, 0.1) is 18.6 Å². The lowest BCUT2D eigenvalue weighted by Crippen LogP contribution is -2.52. The number of methoxy groups -OCH3 is 1. The fraction of sp³-hybridized carbons (Fsp3) is 0.720. The molecule has 1 aromatic rings. The first-order valence-electron chi connectivity index (χ1n) is 12.5. The van der Waals surface area contributed by atoms with E-state index in [4.69, 9.17) is 9.47 Å². The van der Waals surface area contributed by atoms with Gasteiger partial charge in [-0.25, -0.2) is 8.42 Å². The molecule has 0 spiro atoms. The number of hydrogen-bond acceptors (Lipinski definition) is 7. The predicted molar refractivity (Wildman–Crippen MR) is 136 cm³/mol. The number of ether oxygens (including phenoxy) is 2. The Labute approximate surface area is 210 Å². The summed E-state index contributed by atoms with van der Waals surface area (Å²) < 4.78 is 38.4. The Balaban J connectivity index is 1.47. The van der Waals surface area contributed by atoms with Gasteiger partial charge >= 0.3 is 0 Å². The second-order valence-electron chi connectivity index (χ2n) is 9.73. The number of nitrogens with one attached hydrogen (secondary N) is 1. The molecule has 2 aliphatic rings. The number of piperazine rings is 1. The predicted octanol–water partition coefficient (Wildman–Crippen LogP) is 1.62. The first kappa shape index (κ1) is 27.9. The van der Waals surface area contributed by atoms with E-state index in [0.717, 1.165) is 45.4 Å². The average molecular weight is 511 g/mol. The molecule has 1 saturated heterocycles. The van der Waals surface area contributed by atoms with Crippen molar-refractivity contribution in [1.82, 2.24) is 19.4 Å². The zero-order chi connectivity index (χ0) is 25.6. The molecule has 3 rings (SSSR count). The normalized spacial score (nSPS) is 21.8. The largest absolute Gasteiger partial charge is 0.497 e. The molecule has 1 amide bonds. The van der Waals surface area contributed by atoms with E-state index < -0.39 is 10.0 Å². The number of carbonyl (C=O) groups is 1. The monoisotopic (exact) mass is 510 g/mol. The van der Waals surface area contributed by atoms with E-state index in [1.165, 1.54) is 17.8 Å². The lowest BCUT2D eigenvalue weighted by atomic mass is 9.88. The summed E-state index contributed by atoms with van der Waals surface area (Å²) in [5.74, 6) is 0.577. The molecule has 1 aromatic carbocycles. The van der Waals surface area contributed by atoms with Crippen molar-refractivity contribution in [3.63, 3.8) is 0 Å². The molecule has 1 unspecified atom stereocenters. The molecule has 1 aliphatic heterocycles. The third kappa shape index (κ3) is 6.95. The number of carbonyl (C=O) groups excluding carboxylic acids is 1. The van der Waals surface area contributed by atoms with E-state index in [1.807, 2.05) is 11.9 Å². The molecule has 1 saturated carbocycles. The van der Waals surface area contributed by atoms with E-state index in [2.05, 4.69) is 10.2 Å². The van der Waals surface area contributed by atoms with Gasteiger partial charge < -0.3 is 19.7 Å². The Morgan fingerprint density at radius 2 is 1.80 bits per heavy atom. The Bertz CT molecular complexity index is 942. The van der Waals surface area contributed by atoms with Crippen LogP contribution >= 0.6 is 0 Å². The van der Waals surface area contributed by atoms with Crippen LogP contribution in [0.15, 0.2) is 17.0 Å². The highest BCUT2D eigenvalue weighted by molar-refractivity contribution is 7.89. The van der Waals surface area contributed by atoms with Gasteiger partial charge in [0.1, 0.15) is 12.4 Å². The number of nitrogens with zero attached hydrogens (tertiary/aromatic N) is 3. The minimum absolute atomic E-state index is 0.0419.